The molecule has 4 aromatic heterocycles. The minimum atomic E-state index is -0.225. The maximum Gasteiger partial charge on any atom is 0.323 e. The van der Waals surface area contributed by atoms with Gasteiger partial charge in [-0.3, -0.25) is 15.1 Å². The lowest BCUT2D eigenvalue weighted by Gasteiger charge is -2.28. The molecule has 1 aliphatic heterocycles. The molecule has 8 heteroatoms. The minimum Gasteiger partial charge on any atom is -0.460 e. The van der Waals surface area contributed by atoms with E-state index in [9.17, 15) is 9.59 Å². The van der Waals surface area contributed by atoms with Crippen molar-refractivity contribution < 1.29 is 9.21 Å². The molecule has 2 amide bonds. The van der Waals surface area contributed by atoms with E-state index in [1.54, 1.807) is 33.9 Å². The van der Waals surface area contributed by atoms with Gasteiger partial charge in [-0.2, -0.15) is 0 Å². The molecule has 1 aliphatic rings. The van der Waals surface area contributed by atoms with Gasteiger partial charge in [0.25, 0.3) is 5.56 Å². The summed E-state index contributed by atoms with van der Waals surface area (Å²) in [6.07, 6.45) is 4.35. The summed E-state index contributed by atoms with van der Waals surface area (Å²) in [5, 5.41) is 2.93. The fourth-order valence-corrected chi connectivity index (χ4v) is 4.30. The van der Waals surface area contributed by atoms with Gasteiger partial charge in [-0.1, -0.05) is 6.07 Å². The highest BCUT2D eigenvalue weighted by Crippen LogP contribution is 2.33. The summed E-state index contributed by atoms with van der Waals surface area (Å²) < 4.78 is 7.57. The lowest BCUT2D eigenvalue weighted by atomic mass is 10.0. The number of anilines is 1. The Balaban J connectivity index is 1.47. The van der Waals surface area contributed by atoms with E-state index in [0.29, 0.717) is 30.4 Å². The molecule has 0 spiro atoms. The fraction of sp³-hybridized carbons (Fsp3) is 0.259. The number of nitrogens with zero attached hydrogens (tertiary/aromatic N) is 4. The smallest absolute Gasteiger partial charge is 0.323 e. The number of rotatable bonds is 4. The second-order valence-electron chi connectivity index (χ2n) is 8.97. The van der Waals surface area contributed by atoms with Gasteiger partial charge in [0.15, 0.2) is 5.76 Å². The number of pyridine rings is 3. The van der Waals surface area contributed by atoms with Crippen LogP contribution in [0.15, 0.2) is 70.1 Å². The molecule has 0 aromatic carbocycles. The van der Waals surface area contributed by atoms with Gasteiger partial charge in [0.2, 0.25) is 0 Å². The van der Waals surface area contributed by atoms with Crippen LogP contribution in [-0.4, -0.2) is 32.0 Å². The summed E-state index contributed by atoms with van der Waals surface area (Å²) in [6.45, 7) is 6.88. The molecule has 5 heterocycles. The highest BCUT2D eigenvalue weighted by molar-refractivity contribution is 5.90. The van der Waals surface area contributed by atoms with Crippen molar-refractivity contribution in [2.24, 2.45) is 0 Å². The molecular weight excluding hydrogens is 442 g/mol. The zero-order chi connectivity index (χ0) is 24.5. The molecule has 0 unspecified atom stereocenters. The van der Waals surface area contributed by atoms with Gasteiger partial charge < -0.3 is 13.9 Å². The van der Waals surface area contributed by atoms with Gasteiger partial charge in [0.1, 0.15) is 17.3 Å². The normalized spacial score (nSPS) is 13.1. The highest BCUT2D eigenvalue weighted by Gasteiger charge is 2.22. The highest BCUT2D eigenvalue weighted by atomic mass is 16.3. The van der Waals surface area contributed by atoms with Crippen molar-refractivity contribution in [1.82, 2.24) is 19.4 Å². The van der Waals surface area contributed by atoms with Crippen LogP contribution in [0.1, 0.15) is 36.9 Å². The Hall–Kier alpha value is -4.20. The number of fused-ring (bicyclic) bond motifs is 1. The third-order valence-corrected chi connectivity index (χ3v) is 6.17. The minimum absolute atomic E-state index is 0.0208. The Morgan fingerprint density at radius 1 is 1.11 bits per heavy atom. The second-order valence-corrected chi connectivity index (χ2v) is 8.97. The van der Waals surface area contributed by atoms with E-state index in [1.807, 2.05) is 51.2 Å². The molecule has 0 atom stereocenters. The standard InChI is InChI=1S/C27H27N5O3/c1-17(2)32-15-20(7-11-25(32)33)21-8-10-24(29-26(21)23-9-6-18(3)35-23)30-27(34)31-14-12-19-5-4-13-28-22(19)16-31/h4-11,13,15,17H,12,14,16H2,1-3H3,(H,29,30,34). The van der Waals surface area contributed by atoms with Crippen molar-refractivity contribution in [3.8, 4) is 22.6 Å². The number of aromatic nitrogens is 3. The maximum absolute atomic E-state index is 13.0. The summed E-state index contributed by atoms with van der Waals surface area (Å²) in [5.41, 5.74) is 4.28. The Morgan fingerprint density at radius 3 is 2.74 bits per heavy atom. The van der Waals surface area contributed by atoms with Crippen LogP contribution in [0.5, 0.6) is 0 Å². The third-order valence-electron chi connectivity index (χ3n) is 6.17. The van der Waals surface area contributed by atoms with Crippen LogP contribution in [0.2, 0.25) is 0 Å². The van der Waals surface area contributed by atoms with Gasteiger partial charge in [-0.25, -0.2) is 9.78 Å². The van der Waals surface area contributed by atoms with E-state index >= 15 is 0 Å². The average molecular weight is 470 g/mol. The maximum atomic E-state index is 13.0. The molecule has 4 aromatic rings. The number of carbonyl (C=O) groups excluding carboxylic acids is 1. The van der Waals surface area contributed by atoms with Crippen molar-refractivity contribution in [2.45, 2.75) is 39.8 Å². The van der Waals surface area contributed by atoms with Crippen molar-refractivity contribution in [3.63, 3.8) is 0 Å². The number of carbonyl (C=O) groups is 1. The quantitative estimate of drug-likeness (QED) is 0.452. The largest absolute Gasteiger partial charge is 0.460 e. The van der Waals surface area contributed by atoms with E-state index < -0.39 is 0 Å². The Bertz CT molecular complexity index is 1450. The summed E-state index contributed by atoms with van der Waals surface area (Å²) in [4.78, 5) is 36.2. The first-order chi connectivity index (χ1) is 16.9. The molecule has 1 N–H and O–H groups in total. The molecule has 35 heavy (non-hydrogen) atoms. The molecule has 0 bridgehead atoms. The molecule has 8 nitrogen and oxygen atoms in total. The Kier molecular flexibility index (Phi) is 5.94. The monoisotopic (exact) mass is 469 g/mol. The van der Waals surface area contributed by atoms with Crippen LogP contribution in [0.25, 0.3) is 22.6 Å². The molecule has 0 radical (unpaired) electrons. The lowest BCUT2D eigenvalue weighted by molar-refractivity contribution is 0.205. The SMILES string of the molecule is Cc1ccc(-c2nc(NC(=O)N3CCc4cccnc4C3)ccc2-c2ccc(=O)n(C(C)C)c2)o1. The van der Waals surface area contributed by atoms with E-state index in [-0.39, 0.29) is 17.6 Å². The van der Waals surface area contributed by atoms with Crippen molar-refractivity contribution in [3.05, 3.63) is 88.3 Å². The van der Waals surface area contributed by atoms with E-state index in [4.69, 9.17) is 9.40 Å². The number of hydrogen-bond acceptors (Lipinski definition) is 5. The zero-order valence-corrected chi connectivity index (χ0v) is 20.0. The second kappa shape index (κ2) is 9.21. The van der Waals surface area contributed by atoms with Crippen LogP contribution in [-0.2, 0) is 13.0 Å². The van der Waals surface area contributed by atoms with Crippen LogP contribution in [0, 0.1) is 6.92 Å². The van der Waals surface area contributed by atoms with Gasteiger partial charge in [-0.15, -0.1) is 0 Å². The third kappa shape index (κ3) is 4.59. The molecule has 0 saturated heterocycles. The Morgan fingerprint density at radius 2 is 1.97 bits per heavy atom. The predicted octanol–water partition coefficient (Wildman–Crippen LogP) is 5.04. The number of hydrogen-bond donors (Lipinski definition) is 1. The summed E-state index contributed by atoms with van der Waals surface area (Å²) in [6, 6.07) is 14.5. The van der Waals surface area contributed by atoms with Crippen LogP contribution in [0.4, 0.5) is 10.6 Å². The first-order valence-electron chi connectivity index (χ1n) is 11.7. The molecule has 178 valence electrons. The number of nitrogens with one attached hydrogen (secondary N) is 1. The molecule has 0 saturated carbocycles. The van der Waals surface area contributed by atoms with Crippen LogP contribution in [0.3, 0.4) is 0 Å². The molecule has 0 aliphatic carbocycles. The van der Waals surface area contributed by atoms with Crippen molar-refractivity contribution in [2.75, 3.05) is 11.9 Å². The van der Waals surface area contributed by atoms with Crippen LogP contribution >= 0.6 is 0 Å². The number of urea groups is 1. The summed E-state index contributed by atoms with van der Waals surface area (Å²) in [5.74, 6) is 1.77. The topological polar surface area (TPSA) is 93.3 Å². The predicted molar refractivity (Wildman–Crippen MR) is 134 cm³/mol. The molecule has 0 fully saturated rings. The average Bonchev–Trinajstić information content (AvgIpc) is 3.30. The van der Waals surface area contributed by atoms with Gasteiger partial charge >= 0.3 is 6.03 Å². The van der Waals surface area contributed by atoms with Gasteiger partial charge in [0.05, 0.1) is 12.2 Å². The number of amides is 2. The van der Waals surface area contributed by atoms with Crippen molar-refractivity contribution >= 4 is 11.8 Å². The first-order valence-corrected chi connectivity index (χ1v) is 11.7. The van der Waals surface area contributed by atoms with Gasteiger partial charge in [-0.05, 0) is 69.2 Å². The Labute approximate surface area is 203 Å². The van der Waals surface area contributed by atoms with Crippen LogP contribution < -0.4 is 10.9 Å². The fourth-order valence-electron chi connectivity index (χ4n) is 4.30. The summed E-state index contributed by atoms with van der Waals surface area (Å²) in [7, 11) is 0. The zero-order valence-electron chi connectivity index (χ0n) is 20.0. The molecule has 5 rings (SSSR count). The van der Waals surface area contributed by atoms with E-state index in [2.05, 4.69) is 16.4 Å². The molecular formula is C27H27N5O3. The summed E-state index contributed by atoms with van der Waals surface area (Å²) >= 11 is 0. The van der Waals surface area contributed by atoms with E-state index in [1.165, 1.54) is 5.56 Å². The first kappa shape index (κ1) is 22.6. The van der Waals surface area contributed by atoms with Crippen molar-refractivity contribution in [1.29, 1.82) is 0 Å². The number of aryl methyl sites for hydroxylation is 1. The van der Waals surface area contributed by atoms with Gasteiger partial charge in [0, 0.05) is 42.2 Å². The number of furan rings is 1. The van der Waals surface area contributed by atoms with E-state index in [0.717, 1.165) is 29.0 Å². The lowest BCUT2D eigenvalue weighted by Crippen LogP contribution is -2.39.